The minimum absolute atomic E-state index is 0.322. The highest BCUT2D eigenvalue weighted by Gasteiger charge is 1.98. The molecule has 0 aliphatic carbocycles. The molecule has 0 spiro atoms. The third-order valence-corrected chi connectivity index (χ3v) is 3.89. The van der Waals surface area contributed by atoms with E-state index in [2.05, 4.69) is 12.1 Å². The summed E-state index contributed by atoms with van der Waals surface area (Å²) in [6, 6.07) is 8.12. The quantitative estimate of drug-likeness (QED) is 0.429. The van der Waals surface area contributed by atoms with Crippen LogP contribution in [0.1, 0.15) is 69.8 Å². The predicted octanol–water partition coefficient (Wildman–Crippen LogP) is 4.80. The van der Waals surface area contributed by atoms with Crippen LogP contribution < -0.4 is 5.73 Å². The van der Waals surface area contributed by atoms with Gasteiger partial charge in [0.15, 0.2) is 0 Å². The van der Waals surface area contributed by atoms with E-state index in [0.717, 1.165) is 24.9 Å². The average Bonchev–Trinajstić information content (AvgIpc) is 2.46. The highest BCUT2D eigenvalue weighted by molar-refractivity contribution is 5.66. The second kappa shape index (κ2) is 11.2. The molecule has 3 N–H and O–H groups in total. The van der Waals surface area contributed by atoms with Gasteiger partial charge in [-0.1, -0.05) is 63.1 Å². The number of carbonyl (C=O) groups is 1. The minimum Gasteiger partial charge on any atom is -0.481 e. The Kier molecular flexibility index (Phi) is 9.34. The number of anilines is 1. The fraction of sp³-hybridized carbons (Fsp3) is 0.611. The summed E-state index contributed by atoms with van der Waals surface area (Å²) in [6.07, 6.45) is 12.1. The number of hydrogen-bond acceptors (Lipinski definition) is 2. The summed E-state index contributed by atoms with van der Waals surface area (Å²) >= 11 is 0. The van der Waals surface area contributed by atoms with Crippen molar-refractivity contribution in [3.63, 3.8) is 0 Å². The molecule has 1 aromatic carbocycles. The van der Waals surface area contributed by atoms with E-state index in [1.807, 2.05) is 12.1 Å². The Labute approximate surface area is 128 Å². The molecule has 0 bridgehead atoms. The van der Waals surface area contributed by atoms with E-state index in [4.69, 9.17) is 10.8 Å². The third-order valence-electron chi connectivity index (χ3n) is 3.89. The van der Waals surface area contributed by atoms with Crippen LogP contribution >= 0.6 is 0 Å². The van der Waals surface area contributed by atoms with Gasteiger partial charge < -0.3 is 10.8 Å². The van der Waals surface area contributed by atoms with E-state index in [9.17, 15) is 4.79 Å². The van der Waals surface area contributed by atoms with Crippen LogP contribution in [0.5, 0.6) is 0 Å². The van der Waals surface area contributed by atoms with Gasteiger partial charge in [0.05, 0.1) is 0 Å². The van der Waals surface area contributed by atoms with E-state index in [1.54, 1.807) is 0 Å². The molecule has 21 heavy (non-hydrogen) atoms. The zero-order valence-corrected chi connectivity index (χ0v) is 13.0. The van der Waals surface area contributed by atoms with E-state index >= 15 is 0 Å². The number of aliphatic carboxylic acids is 1. The first-order valence-corrected chi connectivity index (χ1v) is 8.25. The molecule has 0 amide bonds. The average molecular weight is 291 g/mol. The predicted molar refractivity (Wildman–Crippen MR) is 88.4 cm³/mol. The molecule has 0 aliphatic rings. The lowest BCUT2D eigenvalue weighted by molar-refractivity contribution is -0.137. The first-order valence-electron chi connectivity index (χ1n) is 8.25. The monoisotopic (exact) mass is 291 g/mol. The van der Waals surface area contributed by atoms with Crippen molar-refractivity contribution < 1.29 is 9.90 Å². The molecule has 3 heteroatoms. The largest absolute Gasteiger partial charge is 0.481 e. The fourth-order valence-corrected chi connectivity index (χ4v) is 2.59. The number of para-hydroxylation sites is 1. The maximum absolute atomic E-state index is 10.4. The standard InChI is InChI=1S/C18H29NO2/c19-17-14-11-10-13-16(17)12-8-6-4-2-1-3-5-7-9-15-18(20)21/h10-11,13-14H,1-9,12,15,19H2,(H,20,21). The van der Waals surface area contributed by atoms with E-state index in [1.165, 1.54) is 50.5 Å². The number of unbranched alkanes of at least 4 members (excludes halogenated alkanes) is 8. The van der Waals surface area contributed by atoms with Crippen molar-refractivity contribution in [2.45, 2.75) is 70.6 Å². The molecule has 0 heterocycles. The maximum atomic E-state index is 10.4. The number of aryl methyl sites for hydroxylation is 1. The molecule has 0 unspecified atom stereocenters. The van der Waals surface area contributed by atoms with Gasteiger partial charge in [-0.15, -0.1) is 0 Å². The van der Waals surface area contributed by atoms with Crippen LogP contribution in [0, 0.1) is 0 Å². The number of benzene rings is 1. The molecule has 1 aromatic rings. The molecule has 0 saturated carbocycles. The van der Waals surface area contributed by atoms with Gasteiger partial charge in [-0.25, -0.2) is 0 Å². The zero-order valence-electron chi connectivity index (χ0n) is 13.0. The number of carboxylic acids is 1. The van der Waals surface area contributed by atoms with Crippen molar-refractivity contribution in [2.24, 2.45) is 0 Å². The minimum atomic E-state index is -0.672. The topological polar surface area (TPSA) is 63.3 Å². The van der Waals surface area contributed by atoms with Gasteiger partial charge in [-0.3, -0.25) is 4.79 Å². The Bertz CT molecular complexity index is 404. The molecular formula is C18H29NO2. The summed E-state index contributed by atoms with van der Waals surface area (Å²) in [5.74, 6) is -0.672. The molecular weight excluding hydrogens is 262 g/mol. The Morgan fingerprint density at radius 2 is 1.38 bits per heavy atom. The fourth-order valence-electron chi connectivity index (χ4n) is 2.59. The van der Waals surface area contributed by atoms with Gasteiger partial charge in [-0.2, -0.15) is 0 Å². The third kappa shape index (κ3) is 9.11. The normalized spacial score (nSPS) is 10.7. The first kappa shape index (κ1) is 17.5. The van der Waals surface area contributed by atoms with Crippen LogP contribution in [-0.2, 0) is 11.2 Å². The van der Waals surface area contributed by atoms with Crippen molar-refractivity contribution in [1.29, 1.82) is 0 Å². The highest BCUT2D eigenvalue weighted by atomic mass is 16.4. The molecule has 1 rings (SSSR count). The van der Waals surface area contributed by atoms with E-state index in [-0.39, 0.29) is 0 Å². The van der Waals surface area contributed by atoms with Crippen molar-refractivity contribution in [1.82, 2.24) is 0 Å². The second-order valence-corrected chi connectivity index (χ2v) is 5.77. The molecule has 0 radical (unpaired) electrons. The Hall–Kier alpha value is -1.51. The van der Waals surface area contributed by atoms with Crippen LogP contribution in [0.4, 0.5) is 5.69 Å². The molecule has 0 aliphatic heterocycles. The molecule has 0 fully saturated rings. The van der Waals surface area contributed by atoms with Crippen LogP contribution in [-0.4, -0.2) is 11.1 Å². The lowest BCUT2D eigenvalue weighted by atomic mass is 10.0. The van der Waals surface area contributed by atoms with E-state index in [0.29, 0.717) is 6.42 Å². The summed E-state index contributed by atoms with van der Waals surface area (Å²) < 4.78 is 0. The zero-order chi connectivity index (χ0) is 15.3. The summed E-state index contributed by atoms with van der Waals surface area (Å²) in [5, 5.41) is 8.53. The van der Waals surface area contributed by atoms with Gasteiger partial charge >= 0.3 is 5.97 Å². The Morgan fingerprint density at radius 1 is 0.857 bits per heavy atom. The SMILES string of the molecule is Nc1ccccc1CCCCCCCCCCCC(=O)O. The molecule has 0 aromatic heterocycles. The lowest BCUT2D eigenvalue weighted by Crippen LogP contribution is -1.94. The molecule has 3 nitrogen and oxygen atoms in total. The summed E-state index contributed by atoms with van der Waals surface area (Å²) in [6.45, 7) is 0. The van der Waals surface area contributed by atoms with Crippen LogP contribution in [0.15, 0.2) is 24.3 Å². The highest BCUT2D eigenvalue weighted by Crippen LogP contribution is 2.15. The van der Waals surface area contributed by atoms with Gasteiger partial charge in [0.25, 0.3) is 0 Å². The second-order valence-electron chi connectivity index (χ2n) is 5.77. The number of carboxylic acid groups (broad SMARTS) is 1. The van der Waals surface area contributed by atoms with Crippen LogP contribution in [0.25, 0.3) is 0 Å². The molecule has 118 valence electrons. The summed E-state index contributed by atoms with van der Waals surface area (Å²) in [4.78, 5) is 10.4. The van der Waals surface area contributed by atoms with Crippen molar-refractivity contribution in [3.8, 4) is 0 Å². The van der Waals surface area contributed by atoms with Crippen molar-refractivity contribution in [2.75, 3.05) is 5.73 Å². The Morgan fingerprint density at radius 3 is 1.95 bits per heavy atom. The van der Waals surface area contributed by atoms with Crippen LogP contribution in [0.3, 0.4) is 0 Å². The van der Waals surface area contributed by atoms with Crippen molar-refractivity contribution >= 4 is 11.7 Å². The van der Waals surface area contributed by atoms with Crippen molar-refractivity contribution in [3.05, 3.63) is 29.8 Å². The number of rotatable bonds is 12. The van der Waals surface area contributed by atoms with E-state index < -0.39 is 5.97 Å². The number of hydrogen-bond donors (Lipinski definition) is 2. The number of nitrogen functional groups attached to an aromatic ring is 1. The van der Waals surface area contributed by atoms with Gasteiger partial charge in [-0.05, 0) is 30.9 Å². The maximum Gasteiger partial charge on any atom is 0.303 e. The smallest absolute Gasteiger partial charge is 0.303 e. The van der Waals surface area contributed by atoms with Gasteiger partial charge in [0, 0.05) is 12.1 Å². The van der Waals surface area contributed by atoms with Crippen LogP contribution in [0.2, 0.25) is 0 Å². The molecule has 0 atom stereocenters. The molecule has 0 saturated heterocycles. The lowest BCUT2D eigenvalue weighted by Gasteiger charge is -2.05. The number of nitrogens with two attached hydrogens (primary N) is 1. The Balaban J connectivity index is 1.87. The summed E-state index contributed by atoms with van der Waals surface area (Å²) in [5.41, 5.74) is 8.11. The van der Waals surface area contributed by atoms with Gasteiger partial charge in [0.1, 0.15) is 0 Å². The first-order chi connectivity index (χ1) is 10.2. The summed E-state index contributed by atoms with van der Waals surface area (Å²) in [7, 11) is 0. The van der Waals surface area contributed by atoms with Gasteiger partial charge in [0.2, 0.25) is 0 Å².